The van der Waals surface area contributed by atoms with Gasteiger partial charge in [-0.3, -0.25) is 4.79 Å². The molecule has 0 aromatic carbocycles. The highest BCUT2D eigenvalue weighted by atomic mass is 35.5. The number of carbonyl (C=O) groups is 1. The molecule has 86 valence electrons. The van der Waals surface area contributed by atoms with E-state index >= 15 is 0 Å². The van der Waals surface area contributed by atoms with Crippen LogP contribution in [0, 0.1) is 6.92 Å². The third kappa shape index (κ3) is 2.52. The van der Waals surface area contributed by atoms with E-state index in [0.717, 1.165) is 16.9 Å². The van der Waals surface area contributed by atoms with Crippen molar-refractivity contribution in [3.63, 3.8) is 0 Å². The van der Waals surface area contributed by atoms with Crippen molar-refractivity contribution in [3.05, 3.63) is 35.8 Å². The zero-order valence-corrected chi connectivity index (χ0v) is 9.95. The van der Waals surface area contributed by atoms with Gasteiger partial charge in [0, 0.05) is 12.4 Å². The number of halogens is 1. The first-order valence-corrected chi connectivity index (χ1v) is 4.70. The van der Waals surface area contributed by atoms with Gasteiger partial charge in [-0.25, -0.2) is 4.98 Å². The Bertz CT molecular complexity index is 508. The van der Waals surface area contributed by atoms with Gasteiger partial charge in [0.1, 0.15) is 5.65 Å². The molecule has 2 aromatic rings. The van der Waals surface area contributed by atoms with Crippen molar-refractivity contribution in [2.75, 3.05) is 7.11 Å². The Morgan fingerprint density at radius 2 is 2.31 bits per heavy atom. The largest absolute Gasteiger partial charge is 0.469 e. The average Bonchev–Trinajstić information content (AvgIpc) is 2.59. The van der Waals surface area contributed by atoms with Crippen LogP contribution in [0.3, 0.4) is 0 Å². The number of pyridine rings is 1. The van der Waals surface area contributed by atoms with Crippen LogP contribution in [0.25, 0.3) is 5.65 Å². The summed E-state index contributed by atoms with van der Waals surface area (Å²) in [4.78, 5) is 15.4. The number of hydrogen-bond acceptors (Lipinski definition) is 3. The van der Waals surface area contributed by atoms with E-state index in [1.807, 2.05) is 35.9 Å². The molecule has 0 unspecified atom stereocenters. The lowest BCUT2D eigenvalue weighted by molar-refractivity contribution is -0.139. The molecule has 0 bridgehead atoms. The number of hydrogen-bond donors (Lipinski definition) is 0. The van der Waals surface area contributed by atoms with E-state index in [-0.39, 0.29) is 24.8 Å². The predicted molar refractivity (Wildman–Crippen MR) is 62.9 cm³/mol. The number of imidazole rings is 1. The molecule has 2 aromatic heterocycles. The molecule has 4 nitrogen and oxygen atoms in total. The number of methoxy groups -OCH3 is 1. The second-order valence-corrected chi connectivity index (χ2v) is 3.45. The summed E-state index contributed by atoms with van der Waals surface area (Å²) >= 11 is 0. The van der Waals surface area contributed by atoms with E-state index in [9.17, 15) is 4.79 Å². The smallest absolute Gasteiger partial charge is 0.311 e. The lowest BCUT2D eigenvalue weighted by Gasteiger charge is -1.92. The van der Waals surface area contributed by atoms with Gasteiger partial charge in [0.15, 0.2) is 0 Å². The van der Waals surface area contributed by atoms with Gasteiger partial charge >= 0.3 is 5.97 Å². The Morgan fingerprint density at radius 3 is 3.00 bits per heavy atom. The molecule has 0 spiro atoms. The fraction of sp³-hybridized carbons (Fsp3) is 0.273. The molecule has 0 saturated heterocycles. The Balaban J connectivity index is 0.00000128. The Kier molecular flexibility index (Phi) is 3.90. The molecular weight excluding hydrogens is 228 g/mol. The van der Waals surface area contributed by atoms with Gasteiger partial charge in [-0.05, 0) is 24.6 Å². The predicted octanol–water partition coefficient (Wildman–Crippen LogP) is 1.78. The minimum absolute atomic E-state index is 0. The van der Waals surface area contributed by atoms with E-state index in [1.165, 1.54) is 7.11 Å². The molecule has 2 heterocycles. The number of ether oxygens (including phenoxy) is 1. The summed E-state index contributed by atoms with van der Waals surface area (Å²) in [6.45, 7) is 2.01. The maximum atomic E-state index is 11.1. The molecule has 0 aliphatic rings. The van der Waals surface area contributed by atoms with Gasteiger partial charge in [0.25, 0.3) is 0 Å². The van der Waals surface area contributed by atoms with E-state index < -0.39 is 0 Å². The number of esters is 1. The summed E-state index contributed by atoms with van der Waals surface area (Å²) in [5.74, 6) is -0.268. The Labute approximate surface area is 99.7 Å². The highest BCUT2D eigenvalue weighted by Gasteiger charge is 2.07. The van der Waals surface area contributed by atoms with Gasteiger partial charge in [-0.2, -0.15) is 0 Å². The first kappa shape index (κ1) is 12.5. The molecule has 0 atom stereocenters. The maximum absolute atomic E-state index is 11.1. The lowest BCUT2D eigenvalue weighted by atomic mass is 10.3. The quantitative estimate of drug-likeness (QED) is 0.752. The fourth-order valence-electron chi connectivity index (χ4n) is 1.44. The molecule has 0 saturated carbocycles. The van der Waals surface area contributed by atoms with Crippen LogP contribution in [0.5, 0.6) is 0 Å². The van der Waals surface area contributed by atoms with Gasteiger partial charge in [-0.15, -0.1) is 12.4 Å². The number of aromatic nitrogens is 2. The summed E-state index contributed by atoms with van der Waals surface area (Å²) in [5.41, 5.74) is 2.74. The molecule has 5 heteroatoms. The lowest BCUT2D eigenvalue weighted by Crippen LogP contribution is -2.04. The molecule has 0 aliphatic heterocycles. The summed E-state index contributed by atoms with van der Waals surface area (Å²) < 4.78 is 6.48. The topological polar surface area (TPSA) is 43.6 Å². The summed E-state index contributed by atoms with van der Waals surface area (Å²) in [5, 5.41) is 0. The van der Waals surface area contributed by atoms with Gasteiger partial charge < -0.3 is 9.14 Å². The van der Waals surface area contributed by atoms with Crippen LogP contribution in [0.2, 0.25) is 0 Å². The van der Waals surface area contributed by atoms with Gasteiger partial charge in [-0.1, -0.05) is 0 Å². The zero-order valence-electron chi connectivity index (χ0n) is 9.14. The van der Waals surface area contributed by atoms with Crippen LogP contribution < -0.4 is 0 Å². The standard InChI is InChI=1S/C11H12N2O2.ClH/c1-8-3-4-13-7-9(6-11(14)15-2)12-10(13)5-8;/h3-5,7H,6H2,1-2H3;1H. The molecule has 2 rings (SSSR count). The van der Waals surface area contributed by atoms with Crippen molar-refractivity contribution in [2.24, 2.45) is 0 Å². The number of fused-ring (bicyclic) bond motifs is 1. The van der Waals surface area contributed by atoms with Gasteiger partial charge in [0.2, 0.25) is 0 Å². The third-order valence-corrected chi connectivity index (χ3v) is 2.22. The Morgan fingerprint density at radius 1 is 1.56 bits per heavy atom. The fourth-order valence-corrected chi connectivity index (χ4v) is 1.44. The van der Waals surface area contributed by atoms with Crippen molar-refractivity contribution in [1.29, 1.82) is 0 Å². The monoisotopic (exact) mass is 240 g/mol. The van der Waals surface area contributed by atoms with Gasteiger partial charge in [0.05, 0.1) is 19.2 Å². The van der Waals surface area contributed by atoms with Crippen molar-refractivity contribution in [3.8, 4) is 0 Å². The van der Waals surface area contributed by atoms with Crippen molar-refractivity contribution >= 4 is 24.0 Å². The number of aryl methyl sites for hydroxylation is 1. The first-order chi connectivity index (χ1) is 7.19. The summed E-state index contributed by atoms with van der Waals surface area (Å²) in [6, 6.07) is 3.97. The average molecular weight is 241 g/mol. The zero-order chi connectivity index (χ0) is 10.8. The highest BCUT2D eigenvalue weighted by Crippen LogP contribution is 2.08. The van der Waals surface area contributed by atoms with Crippen LogP contribution in [-0.4, -0.2) is 22.5 Å². The van der Waals surface area contributed by atoms with Crippen molar-refractivity contribution in [2.45, 2.75) is 13.3 Å². The normalized spacial score (nSPS) is 9.88. The summed E-state index contributed by atoms with van der Waals surface area (Å²) in [7, 11) is 1.38. The van der Waals surface area contributed by atoms with Crippen molar-refractivity contribution in [1.82, 2.24) is 9.38 Å². The van der Waals surface area contributed by atoms with Crippen molar-refractivity contribution < 1.29 is 9.53 Å². The molecule has 0 aliphatic carbocycles. The van der Waals surface area contributed by atoms with Crippen LogP contribution in [0.15, 0.2) is 24.5 Å². The van der Waals surface area contributed by atoms with E-state index in [1.54, 1.807) is 0 Å². The maximum Gasteiger partial charge on any atom is 0.311 e. The van der Waals surface area contributed by atoms with E-state index in [4.69, 9.17) is 0 Å². The third-order valence-electron chi connectivity index (χ3n) is 2.22. The highest BCUT2D eigenvalue weighted by molar-refractivity contribution is 5.85. The molecule has 16 heavy (non-hydrogen) atoms. The molecule has 0 radical (unpaired) electrons. The molecule has 0 N–H and O–H groups in total. The minimum Gasteiger partial charge on any atom is -0.469 e. The second kappa shape index (κ2) is 4.99. The number of carbonyl (C=O) groups excluding carboxylic acids is 1. The van der Waals surface area contributed by atoms with E-state index in [0.29, 0.717) is 0 Å². The molecule has 0 fully saturated rings. The molecule has 0 amide bonds. The summed E-state index contributed by atoms with van der Waals surface area (Å²) in [6.07, 6.45) is 3.99. The van der Waals surface area contributed by atoms with E-state index in [2.05, 4.69) is 9.72 Å². The van der Waals surface area contributed by atoms with Crippen LogP contribution in [0.1, 0.15) is 11.3 Å². The SMILES string of the molecule is COC(=O)Cc1cn2ccc(C)cc2n1.Cl. The first-order valence-electron chi connectivity index (χ1n) is 4.70. The minimum atomic E-state index is -0.268. The second-order valence-electron chi connectivity index (χ2n) is 3.45. The Hall–Kier alpha value is -1.55. The van der Waals surface area contributed by atoms with Crippen LogP contribution in [0.4, 0.5) is 0 Å². The number of rotatable bonds is 2. The number of nitrogens with zero attached hydrogens (tertiary/aromatic N) is 2. The van der Waals surface area contributed by atoms with Crippen LogP contribution in [-0.2, 0) is 16.0 Å². The van der Waals surface area contributed by atoms with Crippen LogP contribution >= 0.6 is 12.4 Å². The molecular formula is C11H13ClN2O2.